The average Bonchev–Trinajstić information content (AvgIpc) is 2.45. The lowest BCUT2D eigenvalue weighted by atomic mass is 9.72. The molecule has 0 amide bonds. The van der Waals surface area contributed by atoms with Crippen molar-refractivity contribution in [3.63, 3.8) is 0 Å². The third-order valence-electron chi connectivity index (χ3n) is 5.58. The summed E-state index contributed by atoms with van der Waals surface area (Å²) in [6, 6.07) is 9.11. The summed E-state index contributed by atoms with van der Waals surface area (Å²) in [6.45, 7) is 7.13. The zero-order valence-corrected chi connectivity index (χ0v) is 12.9. The van der Waals surface area contributed by atoms with Crippen molar-refractivity contribution in [2.24, 2.45) is 5.73 Å². The van der Waals surface area contributed by atoms with E-state index < -0.39 is 0 Å². The molecule has 2 atom stereocenters. The van der Waals surface area contributed by atoms with Crippen molar-refractivity contribution in [2.45, 2.75) is 63.5 Å². The number of rotatable bonds is 4. The van der Waals surface area contributed by atoms with Crippen molar-refractivity contribution >= 4 is 0 Å². The Hall–Kier alpha value is -0.860. The van der Waals surface area contributed by atoms with Crippen molar-refractivity contribution < 1.29 is 0 Å². The average molecular weight is 272 g/mol. The molecule has 2 nitrogen and oxygen atoms in total. The van der Waals surface area contributed by atoms with E-state index in [0.29, 0.717) is 5.92 Å². The maximum atomic E-state index is 6.61. The van der Waals surface area contributed by atoms with Crippen LogP contribution in [0.3, 0.4) is 0 Å². The predicted molar refractivity (Wildman–Crippen MR) is 85.0 cm³/mol. The summed E-state index contributed by atoms with van der Waals surface area (Å²) < 4.78 is 0. The first-order chi connectivity index (χ1) is 9.59. The number of likely N-dealkylation sites (tertiary alicyclic amines) is 1. The van der Waals surface area contributed by atoms with Gasteiger partial charge in [0.25, 0.3) is 0 Å². The van der Waals surface area contributed by atoms with E-state index in [2.05, 4.69) is 43.0 Å². The second-order valence-electron chi connectivity index (χ2n) is 7.14. The van der Waals surface area contributed by atoms with Crippen LogP contribution in [0.2, 0.25) is 0 Å². The lowest BCUT2D eigenvalue weighted by Crippen LogP contribution is -2.58. The minimum absolute atomic E-state index is 0.130. The standard InChI is InChI=1S/C18H28N2/c1-18(2,20-10-6-3-7-11-20)17(19)13-15-12-14-8-4-5-9-16(14)15/h4-5,8-9,15,17H,3,6-7,10-13,19H2,1-2H3. The summed E-state index contributed by atoms with van der Waals surface area (Å²) in [5.74, 6) is 0.685. The predicted octanol–water partition coefficient (Wildman–Crippen LogP) is 3.31. The Morgan fingerprint density at radius 1 is 1.20 bits per heavy atom. The van der Waals surface area contributed by atoms with Crippen molar-refractivity contribution in [1.82, 2.24) is 4.90 Å². The van der Waals surface area contributed by atoms with Gasteiger partial charge >= 0.3 is 0 Å². The van der Waals surface area contributed by atoms with E-state index in [1.54, 1.807) is 0 Å². The molecule has 110 valence electrons. The molecule has 0 radical (unpaired) electrons. The van der Waals surface area contributed by atoms with Gasteiger partial charge in [-0.25, -0.2) is 0 Å². The number of nitrogens with two attached hydrogens (primary N) is 1. The molecule has 1 aromatic carbocycles. The van der Waals surface area contributed by atoms with Crippen molar-refractivity contribution in [3.05, 3.63) is 35.4 Å². The monoisotopic (exact) mass is 272 g/mol. The molecule has 2 heteroatoms. The highest BCUT2D eigenvalue weighted by Gasteiger charge is 2.37. The Balaban J connectivity index is 1.63. The Bertz CT molecular complexity index is 460. The number of hydrogen-bond acceptors (Lipinski definition) is 2. The molecule has 3 rings (SSSR count). The fraction of sp³-hybridized carbons (Fsp3) is 0.667. The molecular weight excluding hydrogens is 244 g/mol. The van der Waals surface area contributed by atoms with Gasteiger partial charge in [0.1, 0.15) is 0 Å². The molecule has 0 spiro atoms. The second kappa shape index (κ2) is 5.50. The summed E-state index contributed by atoms with van der Waals surface area (Å²) in [7, 11) is 0. The van der Waals surface area contributed by atoms with Gasteiger partial charge in [-0.3, -0.25) is 4.90 Å². The zero-order valence-electron chi connectivity index (χ0n) is 12.9. The van der Waals surface area contributed by atoms with Gasteiger partial charge in [0.2, 0.25) is 0 Å². The first-order valence-corrected chi connectivity index (χ1v) is 8.17. The van der Waals surface area contributed by atoms with E-state index in [1.807, 2.05) is 0 Å². The van der Waals surface area contributed by atoms with E-state index in [0.717, 1.165) is 6.42 Å². The highest BCUT2D eigenvalue weighted by Crippen LogP contribution is 2.39. The molecule has 0 bridgehead atoms. The van der Waals surface area contributed by atoms with Crippen LogP contribution < -0.4 is 5.73 Å². The van der Waals surface area contributed by atoms with Crippen molar-refractivity contribution in [3.8, 4) is 0 Å². The first kappa shape index (κ1) is 14.1. The molecule has 0 saturated carbocycles. The topological polar surface area (TPSA) is 29.3 Å². The van der Waals surface area contributed by atoms with E-state index >= 15 is 0 Å². The Labute approximate surface area is 123 Å². The van der Waals surface area contributed by atoms with E-state index in [9.17, 15) is 0 Å². The van der Waals surface area contributed by atoms with Gasteiger partial charge < -0.3 is 5.73 Å². The molecule has 0 aromatic heterocycles. The summed E-state index contributed by atoms with van der Waals surface area (Å²) in [5.41, 5.74) is 9.81. The molecule has 1 aliphatic carbocycles. The van der Waals surface area contributed by atoms with Crippen molar-refractivity contribution in [2.75, 3.05) is 13.1 Å². The fourth-order valence-corrected chi connectivity index (χ4v) is 3.87. The van der Waals surface area contributed by atoms with E-state index in [-0.39, 0.29) is 11.6 Å². The Morgan fingerprint density at radius 2 is 1.90 bits per heavy atom. The van der Waals surface area contributed by atoms with Crippen LogP contribution in [0.1, 0.15) is 56.6 Å². The van der Waals surface area contributed by atoms with Crippen LogP contribution in [0.4, 0.5) is 0 Å². The largest absolute Gasteiger partial charge is 0.326 e. The highest BCUT2D eigenvalue weighted by molar-refractivity contribution is 5.40. The third kappa shape index (κ3) is 2.51. The van der Waals surface area contributed by atoms with Gasteiger partial charge in [-0.1, -0.05) is 30.7 Å². The quantitative estimate of drug-likeness (QED) is 0.911. The lowest BCUT2D eigenvalue weighted by Gasteiger charge is -2.46. The normalized spacial score (nSPS) is 24.9. The zero-order chi connectivity index (χ0) is 14.2. The molecule has 1 aliphatic heterocycles. The summed E-state index contributed by atoms with van der Waals surface area (Å²) in [6.07, 6.45) is 6.41. The molecule has 1 aromatic rings. The summed E-state index contributed by atoms with van der Waals surface area (Å²) in [5, 5.41) is 0. The third-order valence-corrected chi connectivity index (χ3v) is 5.58. The number of nitrogens with zero attached hydrogens (tertiary/aromatic N) is 1. The van der Waals surface area contributed by atoms with Crippen LogP contribution in [0.5, 0.6) is 0 Å². The number of benzene rings is 1. The van der Waals surface area contributed by atoms with Crippen LogP contribution >= 0.6 is 0 Å². The maximum Gasteiger partial charge on any atom is 0.0304 e. The van der Waals surface area contributed by atoms with Gasteiger partial charge in [-0.2, -0.15) is 0 Å². The van der Waals surface area contributed by atoms with Gasteiger partial charge in [-0.05, 0) is 69.7 Å². The molecule has 20 heavy (non-hydrogen) atoms. The maximum absolute atomic E-state index is 6.61. The summed E-state index contributed by atoms with van der Waals surface area (Å²) in [4.78, 5) is 2.62. The highest BCUT2D eigenvalue weighted by atomic mass is 15.2. The number of fused-ring (bicyclic) bond motifs is 1. The molecule has 1 heterocycles. The van der Waals surface area contributed by atoms with Crippen LogP contribution in [-0.4, -0.2) is 29.6 Å². The van der Waals surface area contributed by atoms with E-state index in [1.165, 1.54) is 49.9 Å². The molecule has 2 N–H and O–H groups in total. The minimum atomic E-state index is 0.130. The molecule has 2 unspecified atom stereocenters. The van der Waals surface area contributed by atoms with Crippen LogP contribution in [0, 0.1) is 0 Å². The lowest BCUT2D eigenvalue weighted by molar-refractivity contribution is 0.0677. The van der Waals surface area contributed by atoms with Gasteiger partial charge in [-0.15, -0.1) is 0 Å². The number of piperidine rings is 1. The summed E-state index contributed by atoms with van der Waals surface area (Å²) >= 11 is 0. The van der Waals surface area contributed by atoms with Gasteiger partial charge in [0.15, 0.2) is 0 Å². The van der Waals surface area contributed by atoms with Crippen LogP contribution in [0.25, 0.3) is 0 Å². The Morgan fingerprint density at radius 3 is 2.60 bits per heavy atom. The molecule has 1 fully saturated rings. The van der Waals surface area contributed by atoms with Gasteiger partial charge in [0, 0.05) is 11.6 Å². The first-order valence-electron chi connectivity index (χ1n) is 8.17. The molecule has 2 aliphatic rings. The SMILES string of the molecule is CC(C)(C(N)CC1Cc2ccccc21)N1CCCCC1. The number of hydrogen-bond donors (Lipinski definition) is 1. The molecule has 1 saturated heterocycles. The van der Waals surface area contributed by atoms with Crippen LogP contribution in [0.15, 0.2) is 24.3 Å². The van der Waals surface area contributed by atoms with E-state index in [4.69, 9.17) is 5.73 Å². The minimum Gasteiger partial charge on any atom is -0.326 e. The second-order valence-corrected chi connectivity index (χ2v) is 7.14. The fourth-order valence-electron chi connectivity index (χ4n) is 3.87. The van der Waals surface area contributed by atoms with Gasteiger partial charge in [0.05, 0.1) is 0 Å². The molecular formula is C18H28N2. The Kier molecular flexibility index (Phi) is 3.87. The van der Waals surface area contributed by atoms with Crippen molar-refractivity contribution in [1.29, 1.82) is 0 Å². The smallest absolute Gasteiger partial charge is 0.0304 e. The van der Waals surface area contributed by atoms with Crippen LogP contribution in [-0.2, 0) is 6.42 Å².